The van der Waals surface area contributed by atoms with Crippen LogP contribution in [0.3, 0.4) is 0 Å². The summed E-state index contributed by atoms with van der Waals surface area (Å²) in [5, 5.41) is 4.51. The molecule has 5 rings (SSSR count). The van der Waals surface area contributed by atoms with E-state index in [1.54, 1.807) is 18.3 Å². The van der Waals surface area contributed by atoms with Gasteiger partial charge in [-0.1, -0.05) is 61.7 Å². The lowest BCUT2D eigenvalue weighted by molar-refractivity contribution is -0.133. The minimum Gasteiger partial charge on any atom is -0.376 e. The van der Waals surface area contributed by atoms with Gasteiger partial charge < -0.3 is 19.5 Å². The van der Waals surface area contributed by atoms with Crippen LogP contribution in [0.25, 0.3) is 10.9 Å². The number of piperidine rings is 1. The number of halogens is 2. The third kappa shape index (κ3) is 6.80. The quantitative estimate of drug-likeness (QED) is 0.269. The van der Waals surface area contributed by atoms with E-state index in [1.165, 1.54) is 19.3 Å². The number of para-hydroxylation sites is 1. The molecule has 42 heavy (non-hydrogen) atoms. The number of anilines is 1. The van der Waals surface area contributed by atoms with Crippen molar-refractivity contribution in [1.29, 1.82) is 0 Å². The first kappa shape index (κ1) is 30.9. The molecule has 2 aliphatic rings. The number of carbonyl (C=O) groups is 2. The maximum atomic E-state index is 13.8. The second kappa shape index (κ2) is 13.8. The fourth-order valence-corrected chi connectivity index (χ4v) is 6.94. The van der Waals surface area contributed by atoms with Gasteiger partial charge in [0.15, 0.2) is 0 Å². The van der Waals surface area contributed by atoms with Gasteiger partial charge in [-0.25, -0.2) is 0 Å². The summed E-state index contributed by atoms with van der Waals surface area (Å²) in [5.41, 5.74) is 2.58. The lowest BCUT2D eigenvalue weighted by atomic mass is 10.1. The van der Waals surface area contributed by atoms with Crippen molar-refractivity contribution in [3.05, 3.63) is 63.8 Å². The molecular weight excluding hydrogens is 571 g/mol. The predicted octanol–water partition coefficient (Wildman–Crippen LogP) is 6.94. The van der Waals surface area contributed by atoms with Crippen LogP contribution in [0.15, 0.2) is 42.6 Å². The zero-order valence-corrected chi connectivity index (χ0v) is 26.4. The summed E-state index contributed by atoms with van der Waals surface area (Å²) in [4.78, 5) is 31.5. The molecule has 0 saturated carbocycles. The first-order valence-electron chi connectivity index (χ1n) is 15.3. The lowest BCUT2D eigenvalue weighted by Crippen LogP contribution is -2.42. The van der Waals surface area contributed by atoms with Gasteiger partial charge in [0.05, 0.1) is 41.4 Å². The molecule has 0 spiro atoms. The summed E-state index contributed by atoms with van der Waals surface area (Å²) in [6.45, 7) is 7.74. The number of aryl methyl sites for hydroxylation is 1. The largest absolute Gasteiger partial charge is 0.376 e. The van der Waals surface area contributed by atoms with Gasteiger partial charge in [-0.05, 0) is 69.0 Å². The Balaban J connectivity index is 1.29. The molecule has 0 bridgehead atoms. The number of carbonyl (C=O) groups excluding carboxylic acids is 2. The van der Waals surface area contributed by atoms with Gasteiger partial charge in [0.2, 0.25) is 5.91 Å². The average Bonchev–Trinajstić information content (AvgIpc) is 3.58. The molecule has 7 nitrogen and oxygen atoms in total. The Morgan fingerprint density at radius 3 is 2.52 bits per heavy atom. The smallest absolute Gasteiger partial charge is 0.257 e. The van der Waals surface area contributed by atoms with Crippen molar-refractivity contribution in [2.24, 2.45) is 7.05 Å². The zero-order chi connectivity index (χ0) is 29.8. The molecule has 1 aromatic heterocycles. The molecule has 0 radical (unpaired) electrons. The van der Waals surface area contributed by atoms with E-state index in [0.29, 0.717) is 46.1 Å². The maximum absolute atomic E-state index is 13.8. The highest BCUT2D eigenvalue weighted by Gasteiger charge is 2.38. The van der Waals surface area contributed by atoms with E-state index >= 15 is 0 Å². The van der Waals surface area contributed by atoms with Gasteiger partial charge in [0, 0.05) is 41.8 Å². The van der Waals surface area contributed by atoms with Gasteiger partial charge in [0.25, 0.3) is 5.91 Å². The van der Waals surface area contributed by atoms with Gasteiger partial charge in [-0.2, -0.15) is 0 Å². The number of rotatable bonds is 10. The summed E-state index contributed by atoms with van der Waals surface area (Å²) in [7, 11) is 1.91. The van der Waals surface area contributed by atoms with Crippen molar-refractivity contribution in [3.8, 4) is 0 Å². The molecule has 3 heterocycles. The molecule has 2 aliphatic heterocycles. The lowest BCUT2D eigenvalue weighted by Gasteiger charge is -2.32. The zero-order valence-electron chi connectivity index (χ0n) is 24.9. The van der Waals surface area contributed by atoms with E-state index < -0.39 is 0 Å². The Hall–Kier alpha value is -2.58. The van der Waals surface area contributed by atoms with E-state index in [4.69, 9.17) is 27.9 Å². The minimum absolute atomic E-state index is 0.0261. The van der Waals surface area contributed by atoms with E-state index in [-0.39, 0.29) is 30.4 Å². The maximum Gasteiger partial charge on any atom is 0.257 e. The molecule has 9 heteroatoms. The summed E-state index contributed by atoms with van der Waals surface area (Å²) in [6, 6.07) is 11.5. The second-order valence-electron chi connectivity index (χ2n) is 11.7. The highest BCUT2D eigenvalue weighted by Crippen LogP contribution is 2.33. The fourth-order valence-electron chi connectivity index (χ4n) is 6.47. The van der Waals surface area contributed by atoms with Crippen LogP contribution in [0, 0.1) is 0 Å². The Kier molecular flexibility index (Phi) is 10.1. The number of fused-ring (bicyclic) bond motifs is 1. The molecule has 226 valence electrons. The molecule has 0 aliphatic carbocycles. The normalized spacial score (nSPS) is 19.6. The number of nitrogens with zero attached hydrogens (tertiary/aromatic N) is 3. The van der Waals surface area contributed by atoms with Crippen molar-refractivity contribution in [3.63, 3.8) is 0 Å². The van der Waals surface area contributed by atoms with Crippen LogP contribution in [0.4, 0.5) is 5.69 Å². The first-order valence-corrected chi connectivity index (χ1v) is 16.0. The molecule has 0 unspecified atom stereocenters. The minimum atomic E-state index is -0.269. The van der Waals surface area contributed by atoms with Crippen LogP contribution >= 0.6 is 23.2 Å². The third-order valence-corrected chi connectivity index (χ3v) is 9.59. The molecule has 3 aromatic rings. The molecule has 2 saturated heterocycles. The fraction of sp³-hybridized carbons (Fsp3) is 0.515. The van der Waals surface area contributed by atoms with E-state index in [1.807, 2.05) is 40.8 Å². The van der Waals surface area contributed by atoms with Crippen LogP contribution in [0.5, 0.6) is 0 Å². The molecule has 2 fully saturated rings. The third-order valence-electron chi connectivity index (χ3n) is 8.92. The van der Waals surface area contributed by atoms with Crippen molar-refractivity contribution >= 4 is 51.6 Å². The monoisotopic (exact) mass is 612 g/mol. The molecule has 1 N–H and O–H groups in total. The van der Waals surface area contributed by atoms with Crippen LogP contribution < -0.4 is 5.32 Å². The van der Waals surface area contributed by atoms with Crippen LogP contribution in [-0.4, -0.2) is 70.6 Å². The number of hydrogen-bond acceptors (Lipinski definition) is 4. The number of aromatic nitrogens is 1. The van der Waals surface area contributed by atoms with E-state index in [9.17, 15) is 9.59 Å². The molecule has 2 amide bonds. The number of likely N-dealkylation sites (tertiary alicyclic amines) is 2. The average molecular weight is 614 g/mol. The summed E-state index contributed by atoms with van der Waals surface area (Å²) < 4.78 is 8.17. The van der Waals surface area contributed by atoms with E-state index in [0.717, 1.165) is 43.3 Å². The predicted molar refractivity (Wildman–Crippen MR) is 171 cm³/mol. The molecular formula is C33H42Cl2N4O3. The SMILES string of the molecule is CCC(CC)OC[C@@H]1C[C@H](N2CCCCC2)CN1C(=O)Cc1cc(Cl)c(NC(=O)c2cn(C)c3ccccc23)cc1Cl. The van der Waals surface area contributed by atoms with Gasteiger partial charge >= 0.3 is 0 Å². The number of benzene rings is 2. The van der Waals surface area contributed by atoms with Crippen molar-refractivity contribution in [1.82, 2.24) is 14.4 Å². The van der Waals surface area contributed by atoms with Crippen molar-refractivity contribution in [2.45, 2.75) is 77.0 Å². The van der Waals surface area contributed by atoms with Crippen LogP contribution in [-0.2, 0) is 23.0 Å². The second-order valence-corrected chi connectivity index (χ2v) is 12.5. The van der Waals surface area contributed by atoms with Crippen LogP contribution in [0.2, 0.25) is 10.0 Å². The summed E-state index contributed by atoms with van der Waals surface area (Å²) in [6.07, 6.45) is 8.73. The van der Waals surface area contributed by atoms with Gasteiger partial charge in [0.1, 0.15) is 0 Å². The van der Waals surface area contributed by atoms with Gasteiger partial charge in [-0.15, -0.1) is 0 Å². The molecule has 2 atom stereocenters. The van der Waals surface area contributed by atoms with Gasteiger partial charge in [-0.3, -0.25) is 14.5 Å². The number of amides is 2. The number of hydrogen-bond donors (Lipinski definition) is 1. The highest BCUT2D eigenvalue weighted by atomic mass is 35.5. The summed E-state index contributed by atoms with van der Waals surface area (Å²) >= 11 is 13.3. The molecule has 2 aromatic carbocycles. The Morgan fingerprint density at radius 2 is 1.79 bits per heavy atom. The standard InChI is InChI=1S/C33H42Cl2N4O3/c1-4-25(5-2)42-21-24-17-23(38-13-9-6-10-14-38)19-39(24)32(40)16-22-15-29(35)30(18-28(22)34)36-33(41)27-20-37(3)31-12-8-7-11-26(27)31/h7-8,11-12,15,18,20,23-25H,4-6,9-10,13-14,16-17,19,21H2,1-3H3,(H,36,41)/t23-,24-/m0/s1. The summed E-state index contributed by atoms with van der Waals surface area (Å²) in [5.74, 6) is -0.243. The van der Waals surface area contributed by atoms with Crippen molar-refractivity contribution in [2.75, 3.05) is 31.6 Å². The Labute approximate surface area is 259 Å². The van der Waals surface area contributed by atoms with Crippen LogP contribution in [0.1, 0.15) is 68.3 Å². The number of ether oxygens (including phenoxy) is 1. The van der Waals surface area contributed by atoms with Crippen molar-refractivity contribution < 1.29 is 14.3 Å². The Bertz CT molecular complexity index is 1410. The highest BCUT2D eigenvalue weighted by molar-refractivity contribution is 6.36. The number of nitrogens with one attached hydrogen (secondary N) is 1. The topological polar surface area (TPSA) is 66.8 Å². The van der Waals surface area contributed by atoms with E-state index in [2.05, 4.69) is 24.1 Å². The Morgan fingerprint density at radius 1 is 1.05 bits per heavy atom. The first-order chi connectivity index (χ1) is 20.3.